The highest BCUT2D eigenvalue weighted by Gasteiger charge is 2.65. The molecule has 5 rings (SSSR count). The number of hydrogen-bond acceptors (Lipinski definition) is 8. The molecule has 11 atom stereocenters. The number of hydrogen-bond donors (Lipinski definition) is 2. The van der Waals surface area contributed by atoms with E-state index in [9.17, 15) is 18.3 Å². The Balaban J connectivity index is 1.15. The minimum atomic E-state index is -3.67. The summed E-state index contributed by atoms with van der Waals surface area (Å²) in [6.07, 6.45) is 13.8. The number of sulfonamides is 1. The van der Waals surface area contributed by atoms with E-state index in [0.29, 0.717) is 74.3 Å². The van der Waals surface area contributed by atoms with E-state index in [1.807, 2.05) is 0 Å². The molecule has 0 saturated heterocycles. The number of fused-ring (bicyclic) bond motifs is 5. The lowest BCUT2D eigenvalue weighted by Gasteiger charge is -2.65. The van der Waals surface area contributed by atoms with E-state index >= 15 is 0 Å². The second-order valence-electron chi connectivity index (χ2n) is 16.4. The monoisotopic (exact) mass is 683 g/mol. The van der Waals surface area contributed by atoms with Crippen LogP contribution in [-0.2, 0) is 29.0 Å². The van der Waals surface area contributed by atoms with Gasteiger partial charge in [-0.05, 0) is 123 Å². The molecule has 0 heterocycles. The van der Waals surface area contributed by atoms with Gasteiger partial charge in [-0.15, -0.1) is 0 Å². The third kappa shape index (κ3) is 7.87. The lowest BCUT2D eigenvalue weighted by atomic mass is 9.41. The van der Waals surface area contributed by atoms with Gasteiger partial charge in [0, 0.05) is 7.11 Å². The Labute approximate surface area is 285 Å². The van der Waals surface area contributed by atoms with Crippen molar-refractivity contribution >= 4 is 16.1 Å². The molecule has 0 spiro atoms. The summed E-state index contributed by atoms with van der Waals surface area (Å²) in [4.78, 5) is 12.3. The maximum absolute atomic E-state index is 12.6. The first-order valence-corrected chi connectivity index (χ1v) is 20.6. The first kappa shape index (κ1) is 37.3. The molecule has 0 aromatic rings. The number of methoxy groups -OCH3 is 1. The standard InChI is InChI=1S/C37H65NO8S/c1-6-28-32-23-26(46-24-44-22-21-43-5)16-18-37(32,4)31-17-19-36(3)29(14-15-30(36)33(31)34(28)39)25(2)11-10-20-45-35(40)38-47(41,42)27-12-8-7-9-13-27/h25-34,39H,6-24H2,1-5H3,(H,38,40)/t25-,26-,28-,29-,30+,31+,32+,33?,34-,36-,37?/m1/s1. The smallest absolute Gasteiger partial charge is 0.420 e. The van der Waals surface area contributed by atoms with E-state index in [1.54, 1.807) is 7.11 Å². The van der Waals surface area contributed by atoms with Crippen LogP contribution in [0.5, 0.6) is 0 Å². The number of rotatable bonds is 14. The van der Waals surface area contributed by atoms with Gasteiger partial charge in [0.25, 0.3) is 0 Å². The van der Waals surface area contributed by atoms with Crippen LogP contribution in [0.1, 0.15) is 124 Å². The minimum Gasteiger partial charge on any atom is -0.449 e. The van der Waals surface area contributed by atoms with Crippen LogP contribution >= 0.6 is 0 Å². The van der Waals surface area contributed by atoms with Crippen LogP contribution in [0.25, 0.3) is 0 Å². The normalized spacial score (nSPS) is 39.8. The summed E-state index contributed by atoms with van der Waals surface area (Å²) in [5, 5.41) is 11.7. The summed E-state index contributed by atoms with van der Waals surface area (Å²) in [7, 11) is -2.00. The summed E-state index contributed by atoms with van der Waals surface area (Å²) in [5.41, 5.74) is 0.434. The molecule has 0 aromatic heterocycles. The Morgan fingerprint density at radius 2 is 1.66 bits per heavy atom. The second-order valence-corrected chi connectivity index (χ2v) is 18.4. The van der Waals surface area contributed by atoms with Gasteiger partial charge >= 0.3 is 6.09 Å². The number of nitrogens with one attached hydrogen (secondary N) is 1. The molecule has 5 saturated carbocycles. The van der Waals surface area contributed by atoms with E-state index in [1.165, 1.54) is 25.7 Å². The van der Waals surface area contributed by atoms with Crippen LogP contribution in [0, 0.1) is 52.3 Å². The van der Waals surface area contributed by atoms with Crippen LogP contribution in [0.15, 0.2) is 0 Å². The molecule has 0 aromatic carbocycles. The number of aliphatic hydroxyl groups is 1. The fourth-order valence-corrected chi connectivity index (χ4v) is 13.2. The maximum atomic E-state index is 12.6. The SMILES string of the molecule is CC[C@H]1[C@@H](O)C2[C@H](CC[C@]3(C)[C@@H]([C@H](C)CCCOC(=O)NS(=O)(=O)C4CCCCC4)CC[C@@H]23)C2(C)CC[C@@H](OCOCCOC)C[C@@H]12. The molecule has 1 amide bonds. The zero-order valence-electron chi connectivity index (χ0n) is 29.9. The quantitative estimate of drug-likeness (QED) is 0.148. The summed E-state index contributed by atoms with van der Waals surface area (Å²) in [5.74, 6) is 3.25. The van der Waals surface area contributed by atoms with E-state index < -0.39 is 21.4 Å². The topological polar surface area (TPSA) is 120 Å². The van der Waals surface area contributed by atoms with Gasteiger partial charge in [0.15, 0.2) is 0 Å². The number of amides is 1. The van der Waals surface area contributed by atoms with Crippen molar-refractivity contribution in [2.45, 2.75) is 141 Å². The Bertz CT molecular complexity index is 1130. The number of carbonyl (C=O) groups is 1. The van der Waals surface area contributed by atoms with Gasteiger partial charge in [-0.25, -0.2) is 17.9 Å². The number of carbonyl (C=O) groups excluding carboxylic acids is 1. The third-order valence-electron chi connectivity index (χ3n) is 14.2. The first-order chi connectivity index (χ1) is 22.5. The van der Waals surface area contributed by atoms with Gasteiger partial charge in [0.05, 0.1) is 37.3 Å². The number of ether oxygens (including phenoxy) is 4. The zero-order chi connectivity index (χ0) is 33.8. The Morgan fingerprint density at radius 3 is 2.38 bits per heavy atom. The van der Waals surface area contributed by atoms with Crippen LogP contribution in [0.2, 0.25) is 0 Å². The average molecular weight is 684 g/mol. The molecule has 5 fully saturated rings. The van der Waals surface area contributed by atoms with Crippen molar-refractivity contribution in [3.05, 3.63) is 0 Å². The molecule has 0 bridgehead atoms. The van der Waals surface area contributed by atoms with Crippen LogP contribution in [-0.4, -0.2) is 70.8 Å². The minimum absolute atomic E-state index is 0.190. The highest BCUT2D eigenvalue weighted by Crippen LogP contribution is 2.69. The van der Waals surface area contributed by atoms with Gasteiger partial charge in [0.2, 0.25) is 10.0 Å². The number of aliphatic hydroxyl groups excluding tert-OH is 1. The van der Waals surface area contributed by atoms with Crippen LogP contribution < -0.4 is 4.72 Å². The van der Waals surface area contributed by atoms with Gasteiger partial charge in [-0.1, -0.05) is 53.4 Å². The van der Waals surface area contributed by atoms with Crippen molar-refractivity contribution in [2.24, 2.45) is 52.3 Å². The van der Waals surface area contributed by atoms with Crippen molar-refractivity contribution < 1.29 is 37.3 Å². The molecule has 0 aliphatic heterocycles. The predicted molar refractivity (Wildman–Crippen MR) is 182 cm³/mol. The molecule has 2 N–H and O–H groups in total. The Morgan fingerprint density at radius 1 is 0.936 bits per heavy atom. The highest BCUT2D eigenvalue weighted by molar-refractivity contribution is 7.90. The average Bonchev–Trinajstić information content (AvgIpc) is 3.41. The van der Waals surface area contributed by atoms with Crippen LogP contribution in [0.3, 0.4) is 0 Å². The summed E-state index contributed by atoms with van der Waals surface area (Å²) in [6, 6.07) is 0. The fourth-order valence-electron chi connectivity index (χ4n) is 11.8. The van der Waals surface area contributed by atoms with E-state index in [2.05, 4.69) is 32.4 Å². The summed E-state index contributed by atoms with van der Waals surface area (Å²) >= 11 is 0. The lowest BCUT2D eigenvalue weighted by Crippen LogP contribution is -2.62. The van der Waals surface area contributed by atoms with E-state index in [-0.39, 0.29) is 29.6 Å². The highest BCUT2D eigenvalue weighted by atomic mass is 32.2. The molecule has 10 heteroatoms. The maximum Gasteiger partial charge on any atom is 0.420 e. The fraction of sp³-hybridized carbons (Fsp3) is 0.973. The predicted octanol–water partition coefficient (Wildman–Crippen LogP) is 7.06. The zero-order valence-corrected chi connectivity index (χ0v) is 30.7. The molecule has 272 valence electrons. The Hall–Kier alpha value is -0.940. The van der Waals surface area contributed by atoms with Gasteiger partial charge in [-0.2, -0.15) is 0 Å². The molecule has 47 heavy (non-hydrogen) atoms. The third-order valence-corrected chi connectivity index (χ3v) is 16.0. The summed E-state index contributed by atoms with van der Waals surface area (Å²) < 4.78 is 49.6. The van der Waals surface area contributed by atoms with Crippen molar-refractivity contribution in [1.82, 2.24) is 4.72 Å². The molecule has 0 radical (unpaired) electrons. The molecule has 5 aliphatic rings. The molecular formula is C37H65NO8S. The molecule has 9 nitrogen and oxygen atoms in total. The van der Waals surface area contributed by atoms with Crippen LogP contribution in [0.4, 0.5) is 4.79 Å². The largest absolute Gasteiger partial charge is 0.449 e. The van der Waals surface area contributed by atoms with Gasteiger partial charge in [0.1, 0.15) is 6.79 Å². The molecule has 5 aliphatic carbocycles. The second kappa shape index (κ2) is 15.9. The van der Waals surface area contributed by atoms with Crippen molar-refractivity contribution in [3.8, 4) is 0 Å². The molecule has 2 unspecified atom stereocenters. The van der Waals surface area contributed by atoms with Crippen molar-refractivity contribution in [1.29, 1.82) is 0 Å². The molecular weight excluding hydrogens is 618 g/mol. The van der Waals surface area contributed by atoms with E-state index in [0.717, 1.165) is 57.8 Å². The van der Waals surface area contributed by atoms with Crippen molar-refractivity contribution in [3.63, 3.8) is 0 Å². The Kier molecular flexibility index (Phi) is 12.7. The van der Waals surface area contributed by atoms with Crippen molar-refractivity contribution in [2.75, 3.05) is 33.7 Å². The van der Waals surface area contributed by atoms with E-state index in [4.69, 9.17) is 18.9 Å². The first-order valence-electron chi connectivity index (χ1n) is 19.0. The lowest BCUT2D eigenvalue weighted by molar-refractivity contribution is -0.213. The van der Waals surface area contributed by atoms with Gasteiger partial charge in [-0.3, -0.25) is 0 Å². The van der Waals surface area contributed by atoms with Gasteiger partial charge < -0.3 is 24.1 Å². The summed E-state index contributed by atoms with van der Waals surface area (Å²) in [6.45, 7) is 11.3.